The summed E-state index contributed by atoms with van der Waals surface area (Å²) in [6.07, 6.45) is 0.595. The molecule has 0 amide bonds. The summed E-state index contributed by atoms with van der Waals surface area (Å²) in [6, 6.07) is 11.3. The van der Waals surface area contributed by atoms with Crippen LogP contribution in [0.5, 0.6) is 0 Å². The summed E-state index contributed by atoms with van der Waals surface area (Å²) in [5.41, 5.74) is 1.87. The Bertz CT molecular complexity index is 1100. The Labute approximate surface area is 157 Å². The predicted molar refractivity (Wildman–Crippen MR) is 101 cm³/mol. The molecule has 0 saturated heterocycles. The van der Waals surface area contributed by atoms with Crippen molar-refractivity contribution >= 4 is 21.5 Å². The lowest BCUT2D eigenvalue weighted by Gasteiger charge is -2.12. The van der Waals surface area contributed by atoms with E-state index in [1.165, 1.54) is 19.1 Å². The van der Waals surface area contributed by atoms with Crippen molar-refractivity contribution in [1.82, 2.24) is 10.1 Å². The van der Waals surface area contributed by atoms with Crippen LogP contribution in [-0.4, -0.2) is 24.3 Å². The Balaban J connectivity index is 1.97. The van der Waals surface area contributed by atoms with Crippen molar-refractivity contribution in [2.24, 2.45) is 0 Å². The Morgan fingerprint density at radius 3 is 2.63 bits per heavy atom. The summed E-state index contributed by atoms with van der Waals surface area (Å²) in [5.74, 6) is 0.675. The zero-order valence-electron chi connectivity index (χ0n) is 15.2. The molecule has 1 aromatic heterocycles. The average molecular weight is 385 g/mol. The summed E-state index contributed by atoms with van der Waals surface area (Å²) in [7, 11) is -3.86. The van der Waals surface area contributed by atoms with Gasteiger partial charge in [0.1, 0.15) is 0 Å². The van der Waals surface area contributed by atoms with Crippen LogP contribution in [-0.2, 0) is 16.4 Å². The molecule has 3 rings (SSSR count). The lowest BCUT2D eigenvalue weighted by Crippen LogP contribution is -2.14. The number of nitrogens with one attached hydrogen (secondary N) is 1. The molecular weight excluding hydrogens is 366 g/mol. The van der Waals surface area contributed by atoms with Crippen molar-refractivity contribution in [2.75, 3.05) is 4.72 Å². The lowest BCUT2D eigenvalue weighted by molar-refractivity contribution is 0.101. The minimum atomic E-state index is -3.86. The van der Waals surface area contributed by atoms with E-state index in [2.05, 4.69) is 14.9 Å². The number of sulfonamides is 1. The van der Waals surface area contributed by atoms with Crippen LogP contribution in [0.25, 0.3) is 11.4 Å². The zero-order valence-corrected chi connectivity index (χ0v) is 16.0. The SMILES string of the molecule is CCc1nc(-c2ccc(C)c(S(=O)(=O)Nc3cccc(C(C)=O)c3)c2)no1. The van der Waals surface area contributed by atoms with Crippen molar-refractivity contribution in [3.8, 4) is 11.4 Å². The molecule has 8 heteroatoms. The monoisotopic (exact) mass is 385 g/mol. The normalized spacial score (nSPS) is 11.4. The Kier molecular flexibility index (Phi) is 5.09. The Hall–Kier alpha value is -3.00. The minimum Gasteiger partial charge on any atom is -0.339 e. The van der Waals surface area contributed by atoms with E-state index in [-0.39, 0.29) is 10.7 Å². The molecule has 0 aliphatic carbocycles. The van der Waals surface area contributed by atoms with E-state index >= 15 is 0 Å². The van der Waals surface area contributed by atoms with Crippen molar-refractivity contribution in [3.63, 3.8) is 0 Å². The Morgan fingerprint density at radius 2 is 1.96 bits per heavy atom. The number of rotatable bonds is 6. The van der Waals surface area contributed by atoms with Gasteiger partial charge >= 0.3 is 0 Å². The van der Waals surface area contributed by atoms with Gasteiger partial charge in [-0.15, -0.1) is 0 Å². The number of Topliss-reactive ketones (excluding diaryl/α,β-unsaturated/α-hetero) is 1. The quantitative estimate of drug-likeness (QED) is 0.650. The number of aryl methyl sites for hydroxylation is 2. The fourth-order valence-electron chi connectivity index (χ4n) is 2.56. The molecule has 0 aliphatic rings. The number of benzene rings is 2. The van der Waals surface area contributed by atoms with Crippen molar-refractivity contribution < 1.29 is 17.7 Å². The van der Waals surface area contributed by atoms with E-state index in [0.29, 0.717) is 40.5 Å². The van der Waals surface area contributed by atoms with Gasteiger partial charge in [-0.05, 0) is 37.6 Å². The van der Waals surface area contributed by atoms with Crippen LogP contribution < -0.4 is 4.72 Å². The van der Waals surface area contributed by atoms with Gasteiger partial charge in [0, 0.05) is 23.2 Å². The van der Waals surface area contributed by atoms with Crippen molar-refractivity contribution in [1.29, 1.82) is 0 Å². The second-order valence-corrected chi connectivity index (χ2v) is 7.74. The third-order valence-electron chi connectivity index (χ3n) is 4.03. The van der Waals surface area contributed by atoms with Gasteiger partial charge in [-0.3, -0.25) is 9.52 Å². The molecule has 0 aliphatic heterocycles. The van der Waals surface area contributed by atoms with Gasteiger partial charge in [0.25, 0.3) is 10.0 Å². The van der Waals surface area contributed by atoms with Gasteiger partial charge in [0.15, 0.2) is 5.78 Å². The van der Waals surface area contributed by atoms with Crippen LogP contribution in [0.4, 0.5) is 5.69 Å². The third-order valence-corrected chi connectivity index (χ3v) is 5.55. The highest BCUT2D eigenvalue weighted by molar-refractivity contribution is 7.92. The van der Waals surface area contributed by atoms with Crippen LogP contribution in [0.2, 0.25) is 0 Å². The average Bonchev–Trinajstić information content (AvgIpc) is 3.11. The second kappa shape index (κ2) is 7.32. The van der Waals surface area contributed by atoms with Gasteiger partial charge in [0.05, 0.1) is 4.90 Å². The summed E-state index contributed by atoms with van der Waals surface area (Å²) >= 11 is 0. The first-order chi connectivity index (χ1) is 12.8. The molecular formula is C19H19N3O4S. The first-order valence-electron chi connectivity index (χ1n) is 8.37. The standard InChI is InChI=1S/C19H19N3O4S/c1-4-18-20-19(21-26-18)15-9-8-12(2)17(11-15)27(24,25)22-16-7-5-6-14(10-16)13(3)23/h5-11,22H,4H2,1-3H3. The fourth-order valence-corrected chi connectivity index (χ4v) is 3.88. The molecule has 0 radical (unpaired) electrons. The number of aromatic nitrogens is 2. The summed E-state index contributed by atoms with van der Waals surface area (Å²) in [6.45, 7) is 5.02. The van der Waals surface area contributed by atoms with E-state index in [9.17, 15) is 13.2 Å². The highest BCUT2D eigenvalue weighted by atomic mass is 32.2. The Morgan fingerprint density at radius 1 is 1.19 bits per heavy atom. The molecule has 0 bridgehead atoms. The molecule has 0 spiro atoms. The largest absolute Gasteiger partial charge is 0.339 e. The van der Waals surface area contributed by atoms with Gasteiger partial charge in [-0.1, -0.05) is 36.3 Å². The number of ketones is 1. The molecule has 1 heterocycles. The predicted octanol–water partition coefficient (Wildman–Crippen LogP) is 3.61. The number of nitrogens with zero attached hydrogens (tertiary/aromatic N) is 2. The first kappa shape index (κ1) is 18.8. The van der Waals surface area contributed by atoms with Crippen LogP contribution in [0.15, 0.2) is 51.9 Å². The van der Waals surface area contributed by atoms with Gasteiger partial charge < -0.3 is 4.52 Å². The maximum atomic E-state index is 12.9. The summed E-state index contributed by atoms with van der Waals surface area (Å²) in [4.78, 5) is 15.9. The second-order valence-electron chi connectivity index (χ2n) is 6.09. The van der Waals surface area contributed by atoms with Crippen molar-refractivity contribution in [3.05, 3.63) is 59.5 Å². The number of anilines is 1. The summed E-state index contributed by atoms with van der Waals surface area (Å²) < 4.78 is 33.4. The zero-order chi connectivity index (χ0) is 19.6. The highest BCUT2D eigenvalue weighted by Gasteiger charge is 2.20. The highest BCUT2D eigenvalue weighted by Crippen LogP contribution is 2.25. The fraction of sp³-hybridized carbons (Fsp3) is 0.211. The molecule has 0 saturated carbocycles. The van der Waals surface area contributed by atoms with Gasteiger partial charge in [-0.2, -0.15) is 4.98 Å². The number of carbonyl (C=O) groups is 1. The molecule has 0 fully saturated rings. The van der Waals surface area contributed by atoms with Crippen LogP contribution in [0.3, 0.4) is 0 Å². The van der Waals surface area contributed by atoms with E-state index in [0.717, 1.165) is 0 Å². The lowest BCUT2D eigenvalue weighted by atomic mass is 10.1. The van der Waals surface area contributed by atoms with Gasteiger partial charge in [-0.25, -0.2) is 8.42 Å². The van der Waals surface area contributed by atoms with Crippen LogP contribution in [0.1, 0.15) is 35.7 Å². The molecule has 2 aromatic carbocycles. The number of hydrogen-bond acceptors (Lipinski definition) is 6. The third kappa shape index (κ3) is 4.06. The minimum absolute atomic E-state index is 0.107. The van der Waals surface area contributed by atoms with Crippen LogP contribution >= 0.6 is 0 Å². The number of hydrogen-bond donors (Lipinski definition) is 1. The summed E-state index contributed by atoms with van der Waals surface area (Å²) in [5, 5.41) is 3.89. The molecule has 0 unspecified atom stereocenters. The van der Waals surface area contributed by atoms with E-state index < -0.39 is 10.0 Å². The maximum Gasteiger partial charge on any atom is 0.262 e. The van der Waals surface area contributed by atoms with Crippen LogP contribution in [0, 0.1) is 6.92 Å². The molecule has 3 aromatic rings. The van der Waals surface area contributed by atoms with E-state index in [1.54, 1.807) is 37.3 Å². The molecule has 140 valence electrons. The number of carbonyl (C=O) groups excluding carboxylic acids is 1. The van der Waals surface area contributed by atoms with E-state index in [4.69, 9.17) is 4.52 Å². The molecule has 7 nitrogen and oxygen atoms in total. The maximum absolute atomic E-state index is 12.9. The first-order valence-corrected chi connectivity index (χ1v) is 9.86. The van der Waals surface area contributed by atoms with Gasteiger partial charge in [0.2, 0.25) is 11.7 Å². The smallest absolute Gasteiger partial charge is 0.262 e. The molecule has 27 heavy (non-hydrogen) atoms. The van der Waals surface area contributed by atoms with E-state index in [1.807, 2.05) is 6.92 Å². The molecule has 1 N–H and O–H groups in total. The molecule has 0 atom stereocenters. The topological polar surface area (TPSA) is 102 Å². The van der Waals surface area contributed by atoms with Crippen molar-refractivity contribution in [2.45, 2.75) is 32.1 Å².